The number of carboxylic acid groups (broad SMARTS) is 1. The second-order valence-corrected chi connectivity index (χ2v) is 5.37. The summed E-state index contributed by atoms with van der Waals surface area (Å²) in [7, 11) is 0. The van der Waals surface area contributed by atoms with Crippen molar-refractivity contribution in [3.63, 3.8) is 0 Å². The molecular formula is C13H13F3N2O3. The maximum absolute atomic E-state index is 12.3. The van der Waals surface area contributed by atoms with Gasteiger partial charge in [-0.25, -0.2) is 9.78 Å². The summed E-state index contributed by atoms with van der Waals surface area (Å²) in [5.74, 6) is 1.19. The number of aromatic nitrogens is 1. The Morgan fingerprint density at radius 3 is 2.52 bits per heavy atom. The quantitative estimate of drug-likeness (QED) is 0.931. The number of nitrogens with zero attached hydrogens (tertiary/aromatic N) is 2. The molecule has 1 N–H and O–H groups in total. The molecular weight excluding hydrogens is 289 g/mol. The molecule has 1 saturated carbocycles. The fraction of sp³-hybridized carbons (Fsp3) is 0.538. The number of piperidine rings is 1. The first-order chi connectivity index (χ1) is 9.86. The predicted octanol–water partition coefficient (Wildman–Crippen LogP) is 2.34. The number of amides is 1. The summed E-state index contributed by atoms with van der Waals surface area (Å²) in [6.07, 6.45) is -4.30. The molecule has 1 aromatic rings. The minimum atomic E-state index is -4.45. The van der Waals surface area contributed by atoms with Crippen molar-refractivity contribution in [1.29, 1.82) is 0 Å². The topological polar surface area (TPSA) is 62.7 Å². The SMILES string of the molecule is O=C(O)N1C[C@@H]2C(COc3ccc(C(F)(F)F)nc3)[C@@H]2C1. The van der Waals surface area contributed by atoms with E-state index in [4.69, 9.17) is 9.84 Å². The molecule has 1 unspecified atom stereocenters. The number of likely N-dealkylation sites (tertiary alicyclic amines) is 1. The van der Waals surface area contributed by atoms with Gasteiger partial charge in [-0.3, -0.25) is 0 Å². The zero-order valence-electron chi connectivity index (χ0n) is 10.9. The van der Waals surface area contributed by atoms with Gasteiger partial charge in [0.2, 0.25) is 0 Å². The van der Waals surface area contributed by atoms with Gasteiger partial charge in [0.05, 0.1) is 12.8 Å². The smallest absolute Gasteiger partial charge is 0.433 e. The standard InChI is InChI=1S/C13H13F3N2O3/c14-13(15,16)11-2-1-7(3-17-11)21-6-10-8-4-18(12(19)20)5-9(8)10/h1-3,8-10H,4-6H2,(H,19,20)/t8-,9+,10?. The van der Waals surface area contributed by atoms with Crippen LogP contribution in [0.4, 0.5) is 18.0 Å². The monoisotopic (exact) mass is 302 g/mol. The fourth-order valence-electron chi connectivity index (χ4n) is 2.88. The van der Waals surface area contributed by atoms with Crippen molar-refractivity contribution < 1.29 is 27.8 Å². The van der Waals surface area contributed by atoms with E-state index in [2.05, 4.69) is 4.98 Å². The van der Waals surface area contributed by atoms with Crippen molar-refractivity contribution in [1.82, 2.24) is 9.88 Å². The van der Waals surface area contributed by atoms with Gasteiger partial charge in [0, 0.05) is 19.0 Å². The first kappa shape index (κ1) is 14.0. The predicted molar refractivity (Wildman–Crippen MR) is 64.8 cm³/mol. The molecule has 0 aromatic carbocycles. The third-order valence-corrected chi connectivity index (χ3v) is 4.11. The third kappa shape index (κ3) is 2.74. The summed E-state index contributed by atoms with van der Waals surface area (Å²) in [5, 5.41) is 8.83. The number of rotatable bonds is 3. The fourth-order valence-corrected chi connectivity index (χ4v) is 2.88. The summed E-state index contributed by atoms with van der Waals surface area (Å²) in [6, 6.07) is 2.13. The van der Waals surface area contributed by atoms with Crippen molar-refractivity contribution >= 4 is 6.09 Å². The van der Waals surface area contributed by atoms with Crippen LogP contribution in [0.15, 0.2) is 18.3 Å². The number of hydrogen-bond acceptors (Lipinski definition) is 3. The highest BCUT2D eigenvalue weighted by molar-refractivity contribution is 5.65. The average molecular weight is 302 g/mol. The highest BCUT2D eigenvalue weighted by atomic mass is 19.4. The van der Waals surface area contributed by atoms with Gasteiger partial charge in [-0.1, -0.05) is 0 Å². The van der Waals surface area contributed by atoms with Gasteiger partial charge in [0.15, 0.2) is 0 Å². The van der Waals surface area contributed by atoms with Gasteiger partial charge in [-0.2, -0.15) is 13.2 Å². The molecule has 114 valence electrons. The summed E-state index contributed by atoms with van der Waals surface area (Å²) >= 11 is 0. The van der Waals surface area contributed by atoms with E-state index in [1.54, 1.807) is 0 Å². The largest absolute Gasteiger partial charge is 0.492 e. The molecule has 1 saturated heterocycles. The molecule has 1 amide bonds. The number of fused-ring (bicyclic) bond motifs is 1. The first-order valence-electron chi connectivity index (χ1n) is 6.50. The Bertz CT molecular complexity index is 535. The second kappa shape index (κ2) is 4.78. The minimum Gasteiger partial charge on any atom is -0.492 e. The third-order valence-electron chi connectivity index (χ3n) is 4.11. The van der Waals surface area contributed by atoms with E-state index in [1.807, 2.05) is 0 Å². The maximum Gasteiger partial charge on any atom is 0.433 e. The molecule has 1 aliphatic heterocycles. The second-order valence-electron chi connectivity index (χ2n) is 5.37. The van der Waals surface area contributed by atoms with E-state index < -0.39 is 18.0 Å². The van der Waals surface area contributed by atoms with Crippen molar-refractivity contribution in [3.05, 3.63) is 24.0 Å². The van der Waals surface area contributed by atoms with Crippen molar-refractivity contribution in [2.45, 2.75) is 6.18 Å². The first-order valence-corrected chi connectivity index (χ1v) is 6.50. The molecule has 1 aliphatic carbocycles. The van der Waals surface area contributed by atoms with Gasteiger partial charge < -0.3 is 14.7 Å². The Balaban J connectivity index is 1.49. The van der Waals surface area contributed by atoms with E-state index in [1.165, 1.54) is 11.0 Å². The molecule has 5 nitrogen and oxygen atoms in total. The highest BCUT2D eigenvalue weighted by Gasteiger charge is 2.57. The number of ether oxygens (including phenoxy) is 1. The van der Waals surface area contributed by atoms with Crippen LogP contribution in [0.3, 0.4) is 0 Å². The molecule has 3 rings (SSSR count). The lowest BCUT2D eigenvalue weighted by molar-refractivity contribution is -0.141. The summed E-state index contributed by atoms with van der Waals surface area (Å²) < 4.78 is 42.5. The molecule has 8 heteroatoms. The van der Waals surface area contributed by atoms with Crippen molar-refractivity contribution in [2.24, 2.45) is 17.8 Å². The van der Waals surface area contributed by atoms with Crippen LogP contribution in [0.25, 0.3) is 0 Å². The van der Waals surface area contributed by atoms with Crippen LogP contribution in [0, 0.1) is 17.8 Å². The molecule has 0 spiro atoms. The Morgan fingerprint density at radius 1 is 1.38 bits per heavy atom. The van der Waals surface area contributed by atoms with Crippen LogP contribution in [0.2, 0.25) is 0 Å². The van der Waals surface area contributed by atoms with E-state index in [-0.39, 0.29) is 5.92 Å². The van der Waals surface area contributed by atoms with Gasteiger partial charge in [0.1, 0.15) is 11.4 Å². The molecule has 1 aromatic heterocycles. The molecule has 3 atom stereocenters. The van der Waals surface area contributed by atoms with Crippen LogP contribution in [0.5, 0.6) is 5.75 Å². The summed E-state index contributed by atoms with van der Waals surface area (Å²) in [5.41, 5.74) is -0.949. The van der Waals surface area contributed by atoms with Crippen molar-refractivity contribution in [3.8, 4) is 5.75 Å². The normalized spacial score (nSPS) is 27.4. The van der Waals surface area contributed by atoms with E-state index in [0.29, 0.717) is 37.3 Å². The minimum absolute atomic E-state index is 0.280. The lowest BCUT2D eigenvalue weighted by Crippen LogP contribution is -2.30. The summed E-state index contributed by atoms with van der Waals surface area (Å²) in [4.78, 5) is 15.5. The van der Waals surface area contributed by atoms with Crippen LogP contribution >= 0.6 is 0 Å². The maximum atomic E-state index is 12.3. The Morgan fingerprint density at radius 2 is 2.05 bits per heavy atom. The Labute approximate surface area is 118 Å². The summed E-state index contributed by atoms with van der Waals surface area (Å²) in [6.45, 7) is 1.41. The Kier molecular flexibility index (Phi) is 3.18. The zero-order chi connectivity index (χ0) is 15.2. The van der Waals surface area contributed by atoms with E-state index in [0.717, 1.165) is 12.3 Å². The zero-order valence-corrected chi connectivity index (χ0v) is 10.9. The molecule has 0 bridgehead atoms. The number of carbonyl (C=O) groups is 1. The number of halogens is 3. The number of alkyl halides is 3. The molecule has 0 radical (unpaired) electrons. The number of hydrogen-bond donors (Lipinski definition) is 1. The van der Waals surface area contributed by atoms with E-state index in [9.17, 15) is 18.0 Å². The molecule has 2 fully saturated rings. The molecule has 2 heterocycles. The number of pyridine rings is 1. The van der Waals surface area contributed by atoms with E-state index >= 15 is 0 Å². The Hall–Kier alpha value is -1.99. The lowest BCUT2D eigenvalue weighted by Gasteiger charge is -2.16. The van der Waals surface area contributed by atoms with Crippen LogP contribution in [-0.2, 0) is 6.18 Å². The van der Waals surface area contributed by atoms with Crippen LogP contribution in [-0.4, -0.2) is 40.8 Å². The average Bonchev–Trinajstić information content (AvgIpc) is 2.86. The lowest BCUT2D eigenvalue weighted by atomic mass is 10.3. The van der Waals surface area contributed by atoms with Gasteiger partial charge in [0.25, 0.3) is 0 Å². The molecule has 21 heavy (non-hydrogen) atoms. The van der Waals surface area contributed by atoms with Crippen LogP contribution in [0.1, 0.15) is 5.69 Å². The van der Waals surface area contributed by atoms with Gasteiger partial charge in [-0.15, -0.1) is 0 Å². The van der Waals surface area contributed by atoms with Gasteiger partial charge in [-0.05, 0) is 24.0 Å². The highest BCUT2D eigenvalue weighted by Crippen LogP contribution is 2.51. The van der Waals surface area contributed by atoms with Gasteiger partial charge >= 0.3 is 12.3 Å². The molecule has 2 aliphatic rings. The van der Waals surface area contributed by atoms with Crippen LogP contribution < -0.4 is 4.74 Å². The van der Waals surface area contributed by atoms with Crippen molar-refractivity contribution in [2.75, 3.05) is 19.7 Å².